The van der Waals surface area contributed by atoms with Crippen molar-refractivity contribution >= 4 is 5.91 Å². The van der Waals surface area contributed by atoms with Crippen LogP contribution in [0.15, 0.2) is 48.5 Å². The molecule has 4 nitrogen and oxygen atoms in total. The number of rotatable bonds is 6. The number of benzene rings is 2. The molecule has 0 aliphatic rings. The minimum Gasteiger partial charge on any atom is -0.496 e. The molecule has 1 heterocycles. The number of para-hydroxylation sites is 1. The van der Waals surface area contributed by atoms with Gasteiger partial charge >= 0.3 is 0 Å². The van der Waals surface area contributed by atoms with Gasteiger partial charge in [0.2, 0.25) is 0 Å². The zero-order chi connectivity index (χ0) is 19.6. The van der Waals surface area contributed by atoms with Crippen LogP contribution in [0.5, 0.6) is 5.75 Å². The first-order valence-corrected chi connectivity index (χ1v) is 8.87. The van der Waals surface area contributed by atoms with E-state index in [1.807, 2.05) is 38.1 Å². The fourth-order valence-electron chi connectivity index (χ4n) is 3.61. The quantitative estimate of drug-likeness (QED) is 0.706. The van der Waals surface area contributed by atoms with Crippen LogP contribution in [-0.4, -0.2) is 17.6 Å². The second kappa shape index (κ2) is 7.66. The van der Waals surface area contributed by atoms with E-state index in [0.29, 0.717) is 18.5 Å². The maximum Gasteiger partial charge on any atom is 0.251 e. The third-order valence-electron chi connectivity index (χ3n) is 4.87. The average Bonchev–Trinajstić information content (AvgIpc) is 2.94. The molecule has 3 rings (SSSR count). The van der Waals surface area contributed by atoms with Gasteiger partial charge < -0.3 is 15.0 Å². The molecule has 2 aromatic carbocycles. The van der Waals surface area contributed by atoms with Gasteiger partial charge in [0.25, 0.3) is 5.91 Å². The molecule has 2 N–H and O–H groups in total. The van der Waals surface area contributed by atoms with Crippen molar-refractivity contribution in [2.75, 3.05) is 7.11 Å². The first-order valence-electron chi connectivity index (χ1n) is 8.87. The number of primary amides is 1. The summed E-state index contributed by atoms with van der Waals surface area (Å²) in [6.45, 7) is 4.48. The Morgan fingerprint density at radius 2 is 1.81 bits per heavy atom. The lowest BCUT2D eigenvalue weighted by atomic mass is 9.99. The SMILES string of the molecule is CCc1c(-c2ccc(F)cc2)c(C(N)=O)c(C)n1Cc1ccccc1OC. The Balaban J connectivity index is 2.22. The van der Waals surface area contributed by atoms with E-state index in [-0.39, 0.29) is 5.82 Å². The van der Waals surface area contributed by atoms with Crippen molar-refractivity contribution in [3.8, 4) is 16.9 Å². The Labute approximate surface area is 158 Å². The van der Waals surface area contributed by atoms with E-state index in [1.54, 1.807) is 19.2 Å². The molecule has 27 heavy (non-hydrogen) atoms. The summed E-state index contributed by atoms with van der Waals surface area (Å²) in [6.07, 6.45) is 0.704. The van der Waals surface area contributed by atoms with Gasteiger partial charge in [-0.25, -0.2) is 4.39 Å². The summed E-state index contributed by atoms with van der Waals surface area (Å²) < 4.78 is 20.9. The Hall–Kier alpha value is -3.08. The van der Waals surface area contributed by atoms with Crippen molar-refractivity contribution in [2.45, 2.75) is 26.8 Å². The van der Waals surface area contributed by atoms with Crippen LogP contribution in [0.1, 0.15) is 34.2 Å². The van der Waals surface area contributed by atoms with Crippen LogP contribution in [0.2, 0.25) is 0 Å². The second-order valence-electron chi connectivity index (χ2n) is 6.40. The van der Waals surface area contributed by atoms with Gasteiger partial charge in [-0.1, -0.05) is 37.3 Å². The molecule has 0 aliphatic carbocycles. The zero-order valence-corrected chi connectivity index (χ0v) is 15.8. The van der Waals surface area contributed by atoms with Crippen LogP contribution in [0, 0.1) is 12.7 Å². The lowest BCUT2D eigenvalue weighted by molar-refractivity contribution is 0.1000. The third kappa shape index (κ3) is 3.45. The molecular formula is C22H23FN2O2. The smallest absolute Gasteiger partial charge is 0.251 e. The number of nitrogens with zero attached hydrogens (tertiary/aromatic N) is 1. The number of hydrogen-bond donors (Lipinski definition) is 1. The molecule has 5 heteroatoms. The van der Waals surface area contributed by atoms with Crippen LogP contribution < -0.4 is 10.5 Å². The van der Waals surface area contributed by atoms with Gasteiger partial charge in [0.15, 0.2) is 0 Å². The van der Waals surface area contributed by atoms with E-state index in [2.05, 4.69) is 4.57 Å². The number of aromatic nitrogens is 1. The minimum atomic E-state index is -0.486. The summed E-state index contributed by atoms with van der Waals surface area (Å²) in [5.41, 5.74) is 10.5. The maximum atomic E-state index is 13.4. The number of carbonyl (C=O) groups excluding carboxylic acids is 1. The van der Waals surface area contributed by atoms with Gasteiger partial charge in [0.05, 0.1) is 19.2 Å². The van der Waals surface area contributed by atoms with Crippen LogP contribution in [0.25, 0.3) is 11.1 Å². The number of methoxy groups -OCH3 is 1. The summed E-state index contributed by atoms with van der Waals surface area (Å²) in [7, 11) is 1.64. The highest BCUT2D eigenvalue weighted by Crippen LogP contribution is 2.34. The van der Waals surface area contributed by atoms with E-state index in [1.165, 1.54) is 12.1 Å². The largest absolute Gasteiger partial charge is 0.496 e. The average molecular weight is 366 g/mol. The molecular weight excluding hydrogens is 343 g/mol. The van der Waals surface area contributed by atoms with E-state index in [4.69, 9.17) is 10.5 Å². The number of amides is 1. The lowest BCUT2D eigenvalue weighted by Gasteiger charge is -2.14. The van der Waals surface area contributed by atoms with Gasteiger partial charge in [-0.15, -0.1) is 0 Å². The predicted octanol–water partition coefficient (Wildman–Crippen LogP) is 4.32. The number of ether oxygens (including phenoxy) is 1. The van der Waals surface area contributed by atoms with E-state index >= 15 is 0 Å². The Bertz CT molecular complexity index is 975. The Kier molecular flexibility index (Phi) is 5.31. The molecule has 0 radical (unpaired) electrons. The molecule has 1 aromatic heterocycles. The van der Waals surface area contributed by atoms with Crippen LogP contribution >= 0.6 is 0 Å². The summed E-state index contributed by atoms with van der Waals surface area (Å²) in [5, 5.41) is 0. The number of nitrogens with two attached hydrogens (primary N) is 1. The number of carbonyl (C=O) groups is 1. The summed E-state index contributed by atoms with van der Waals surface area (Å²) in [5.74, 6) is -0.0143. The van der Waals surface area contributed by atoms with Crippen molar-refractivity contribution in [1.82, 2.24) is 4.57 Å². The summed E-state index contributed by atoms with van der Waals surface area (Å²) in [6, 6.07) is 13.9. The Morgan fingerprint density at radius 1 is 1.15 bits per heavy atom. The van der Waals surface area contributed by atoms with Gasteiger partial charge in [-0.05, 0) is 37.1 Å². The van der Waals surface area contributed by atoms with Gasteiger partial charge in [0.1, 0.15) is 11.6 Å². The van der Waals surface area contributed by atoms with Crippen molar-refractivity contribution in [1.29, 1.82) is 0 Å². The van der Waals surface area contributed by atoms with Gasteiger partial charge in [0, 0.05) is 22.5 Å². The summed E-state index contributed by atoms with van der Waals surface area (Å²) in [4.78, 5) is 12.3. The molecule has 0 saturated carbocycles. The molecule has 140 valence electrons. The predicted molar refractivity (Wildman–Crippen MR) is 105 cm³/mol. The zero-order valence-electron chi connectivity index (χ0n) is 15.8. The molecule has 0 fully saturated rings. The molecule has 0 saturated heterocycles. The molecule has 3 aromatic rings. The van der Waals surface area contributed by atoms with E-state index < -0.39 is 5.91 Å². The third-order valence-corrected chi connectivity index (χ3v) is 4.87. The highest BCUT2D eigenvalue weighted by molar-refractivity contribution is 6.02. The van der Waals surface area contributed by atoms with Crippen molar-refractivity contribution < 1.29 is 13.9 Å². The molecule has 0 aliphatic heterocycles. The van der Waals surface area contributed by atoms with Crippen molar-refractivity contribution in [2.24, 2.45) is 5.73 Å². The normalized spacial score (nSPS) is 10.8. The van der Waals surface area contributed by atoms with Crippen LogP contribution in [-0.2, 0) is 13.0 Å². The lowest BCUT2D eigenvalue weighted by Crippen LogP contribution is -2.13. The fourth-order valence-corrected chi connectivity index (χ4v) is 3.61. The minimum absolute atomic E-state index is 0.317. The number of halogens is 1. The van der Waals surface area contributed by atoms with E-state index in [9.17, 15) is 9.18 Å². The molecule has 0 bridgehead atoms. The van der Waals surface area contributed by atoms with E-state index in [0.717, 1.165) is 33.8 Å². The number of hydrogen-bond acceptors (Lipinski definition) is 2. The van der Waals surface area contributed by atoms with Gasteiger partial charge in [-0.2, -0.15) is 0 Å². The highest BCUT2D eigenvalue weighted by atomic mass is 19.1. The first kappa shape index (κ1) is 18.7. The fraction of sp³-hybridized carbons (Fsp3) is 0.227. The molecule has 0 spiro atoms. The second-order valence-corrected chi connectivity index (χ2v) is 6.40. The van der Waals surface area contributed by atoms with Gasteiger partial charge in [-0.3, -0.25) is 4.79 Å². The standard InChI is InChI=1S/C22H23FN2O2/c1-4-18-21(15-9-11-17(23)12-10-15)20(22(24)26)14(2)25(18)13-16-7-5-6-8-19(16)27-3/h5-12H,4,13H2,1-3H3,(H2,24,26). The van der Waals surface area contributed by atoms with Crippen molar-refractivity contribution in [3.63, 3.8) is 0 Å². The molecule has 0 unspecified atom stereocenters. The molecule has 1 amide bonds. The topological polar surface area (TPSA) is 57.2 Å². The monoisotopic (exact) mass is 366 g/mol. The Morgan fingerprint density at radius 3 is 2.41 bits per heavy atom. The highest BCUT2D eigenvalue weighted by Gasteiger charge is 2.24. The summed E-state index contributed by atoms with van der Waals surface area (Å²) >= 11 is 0. The van der Waals surface area contributed by atoms with Crippen LogP contribution in [0.3, 0.4) is 0 Å². The maximum absolute atomic E-state index is 13.4. The first-order chi connectivity index (χ1) is 13.0. The van der Waals surface area contributed by atoms with Crippen molar-refractivity contribution in [3.05, 3.63) is 76.9 Å². The van der Waals surface area contributed by atoms with Crippen LogP contribution in [0.4, 0.5) is 4.39 Å². The molecule has 0 atom stereocenters.